The van der Waals surface area contributed by atoms with Crippen LogP contribution in [0.4, 0.5) is 0 Å². The van der Waals surface area contributed by atoms with Crippen molar-refractivity contribution in [3.8, 4) is 0 Å². The number of rotatable bonds is 3. The summed E-state index contributed by atoms with van der Waals surface area (Å²) in [6, 6.07) is 0. The van der Waals surface area contributed by atoms with Gasteiger partial charge in [0.25, 0.3) is 0 Å². The molecule has 0 heterocycles. The van der Waals surface area contributed by atoms with Crippen LogP contribution in [0.3, 0.4) is 0 Å². The normalized spacial score (nSPS) is 30.9. The molecule has 2 amide bonds. The van der Waals surface area contributed by atoms with E-state index in [4.69, 9.17) is 5.73 Å². The minimum atomic E-state index is -0.486. The van der Waals surface area contributed by atoms with Crippen molar-refractivity contribution in [2.45, 2.75) is 33.1 Å². The standard InChI is InChI=1S/C11H20N2O2/c1-7-3-8(2)5-9(4-7)11(15)13-6-10(12)14/h7-9H,3-6H2,1-2H3,(H2,12,14)(H,13,15)/t7-,8+,9-. The average Bonchev–Trinajstić information content (AvgIpc) is 2.12. The molecule has 15 heavy (non-hydrogen) atoms. The molecule has 86 valence electrons. The van der Waals surface area contributed by atoms with E-state index < -0.39 is 5.91 Å². The van der Waals surface area contributed by atoms with Gasteiger partial charge < -0.3 is 11.1 Å². The van der Waals surface area contributed by atoms with Gasteiger partial charge in [-0.15, -0.1) is 0 Å². The Morgan fingerprint density at radius 3 is 2.20 bits per heavy atom. The molecule has 1 saturated carbocycles. The minimum absolute atomic E-state index is 0.0211. The van der Waals surface area contributed by atoms with Crippen LogP contribution in [0.1, 0.15) is 33.1 Å². The third-order valence-corrected chi connectivity index (χ3v) is 2.99. The zero-order chi connectivity index (χ0) is 11.4. The molecule has 0 aromatic carbocycles. The molecule has 0 aliphatic heterocycles. The first-order valence-corrected chi connectivity index (χ1v) is 5.55. The van der Waals surface area contributed by atoms with E-state index in [0.29, 0.717) is 11.8 Å². The van der Waals surface area contributed by atoms with E-state index in [2.05, 4.69) is 19.2 Å². The Labute approximate surface area is 90.6 Å². The van der Waals surface area contributed by atoms with E-state index in [9.17, 15) is 9.59 Å². The lowest BCUT2D eigenvalue weighted by Gasteiger charge is -2.30. The van der Waals surface area contributed by atoms with E-state index in [1.165, 1.54) is 6.42 Å². The van der Waals surface area contributed by atoms with Crippen LogP contribution >= 0.6 is 0 Å². The van der Waals surface area contributed by atoms with Crippen molar-refractivity contribution in [3.63, 3.8) is 0 Å². The van der Waals surface area contributed by atoms with E-state index >= 15 is 0 Å². The molecular weight excluding hydrogens is 192 g/mol. The molecule has 1 fully saturated rings. The Morgan fingerprint density at radius 1 is 1.20 bits per heavy atom. The molecule has 0 spiro atoms. The highest BCUT2D eigenvalue weighted by Crippen LogP contribution is 2.32. The molecular formula is C11H20N2O2. The Kier molecular flexibility index (Phi) is 4.12. The maximum Gasteiger partial charge on any atom is 0.236 e. The molecule has 0 bridgehead atoms. The van der Waals surface area contributed by atoms with Gasteiger partial charge >= 0.3 is 0 Å². The van der Waals surface area contributed by atoms with Crippen LogP contribution in [0.25, 0.3) is 0 Å². The number of carbonyl (C=O) groups excluding carboxylic acids is 2. The van der Waals surface area contributed by atoms with Crippen molar-refractivity contribution < 1.29 is 9.59 Å². The molecule has 0 unspecified atom stereocenters. The summed E-state index contributed by atoms with van der Waals surface area (Å²) in [6.07, 6.45) is 3.05. The van der Waals surface area contributed by atoms with Crippen molar-refractivity contribution >= 4 is 11.8 Å². The summed E-state index contributed by atoms with van der Waals surface area (Å²) >= 11 is 0. The molecule has 0 radical (unpaired) electrons. The summed E-state index contributed by atoms with van der Waals surface area (Å²) in [7, 11) is 0. The predicted molar refractivity (Wildman–Crippen MR) is 57.9 cm³/mol. The summed E-state index contributed by atoms with van der Waals surface area (Å²) in [6.45, 7) is 4.30. The van der Waals surface area contributed by atoms with Crippen molar-refractivity contribution in [1.82, 2.24) is 5.32 Å². The first-order valence-electron chi connectivity index (χ1n) is 5.55. The van der Waals surface area contributed by atoms with E-state index in [0.717, 1.165) is 12.8 Å². The second kappa shape index (κ2) is 5.14. The van der Waals surface area contributed by atoms with Crippen LogP contribution in [0, 0.1) is 17.8 Å². The van der Waals surface area contributed by atoms with Crippen LogP contribution in [0.2, 0.25) is 0 Å². The maximum atomic E-state index is 11.7. The van der Waals surface area contributed by atoms with Crippen molar-refractivity contribution in [3.05, 3.63) is 0 Å². The van der Waals surface area contributed by atoms with Gasteiger partial charge in [0.1, 0.15) is 0 Å². The largest absolute Gasteiger partial charge is 0.368 e. The zero-order valence-corrected chi connectivity index (χ0v) is 9.45. The molecule has 0 aromatic rings. The third kappa shape index (κ3) is 3.90. The third-order valence-electron chi connectivity index (χ3n) is 2.99. The molecule has 0 saturated heterocycles. The highest BCUT2D eigenvalue weighted by atomic mass is 16.2. The van der Waals surface area contributed by atoms with Gasteiger partial charge in [-0.05, 0) is 31.1 Å². The van der Waals surface area contributed by atoms with Crippen molar-refractivity contribution in [1.29, 1.82) is 0 Å². The number of hydrogen-bond donors (Lipinski definition) is 2. The Hall–Kier alpha value is -1.06. The highest BCUT2D eigenvalue weighted by molar-refractivity contribution is 5.84. The SMILES string of the molecule is C[C@@H]1C[C@H](C)C[C@H](C(=O)NCC(N)=O)C1. The molecule has 3 N–H and O–H groups in total. The first-order chi connectivity index (χ1) is 6.99. The van der Waals surface area contributed by atoms with Gasteiger partial charge in [0, 0.05) is 5.92 Å². The number of hydrogen-bond acceptors (Lipinski definition) is 2. The minimum Gasteiger partial charge on any atom is -0.368 e. The van der Waals surface area contributed by atoms with Gasteiger partial charge in [-0.3, -0.25) is 9.59 Å². The van der Waals surface area contributed by atoms with E-state index in [-0.39, 0.29) is 18.4 Å². The average molecular weight is 212 g/mol. The number of nitrogens with two attached hydrogens (primary N) is 1. The lowest BCUT2D eigenvalue weighted by atomic mass is 9.76. The molecule has 4 nitrogen and oxygen atoms in total. The van der Waals surface area contributed by atoms with Gasteiger partial charge in [0.2, 0.25) is 11.8 Å². The maximum absolute atomic E-state index is 11.7. The highest BCUT2D eigenvalue weighted by Gasteiger charge is 2.28. The molecule has 1 aliphatic rings. The fraction of sp³-hybridized carbons (Fsp3) is 0.818. The number of amides is 2. The molecule has 0 aromatic heterocycles. The van der Waals surface area contributed by atoms with Crippen molar-refractivity contribution in [2.24, 2.45) is 23.5 Å². The summed E-state index contributed by atoms with van der Waals surface area (Å²) in [5, 5.41) is 2.58. The van der Waals surface area contributed by atoms with Gasteiger partial charge in [0.05, 0.1) is 6.54 Å². The van der Waals surface area contributed by atoms with Gasteiger partial charge in [-0.1, -0.05) is 13.8 Å². The zero-order valence-electron chi connectivity index (χ0n) is 9.45. The lowest BCUT2D eigenvalue weighted by molar-refractivity contribution is -0.129. The fourth-order valence-electron chi connectivity index (χ4n) is 2.48. The lowest BCUT2D eigenvalue weighted by Crippen LogP contribution is -2.39. The van der Waals surface area contributed by atoms with Gasteiger partial charge in [0.15, 0.2) is 0 Å². The fourth-order valence-corrected chi connectivity index (χ4v) is 2.48. The smallest absolute Gasteiger partial charge is 0.236 e. The van der Waals surface area contributed by atoms with Crippen LogP contribution < -0.4 is 11.1 Å². The number of nitrogens with one attached hydrogen (secondary N) is 1. The van der Waals surface area contributed by atoms with E-state index in [1.54, 1.807) is 0 Å². The molecule has 1 aliphatic carbocycles. The van der Waals surface area contributed by atoms with Crippen LogP contribution in [0.5, 0.6) is 0 Å². The van der Waals surface area contributed by atoms with Crippen LogP contribution in [-0.4, -0.2) is 18.4 Å². The predicted octanol–water partition coefficient (Wildman–Crippen LogP) is 0.660. The summed E-state index contributed by atoms with van der Waals surface area (Å²) in [5.41, 5.74) is 4.97. The Bertz CT molecular complexity index is 243. The summed E-state index contributed by atoms with van der Waals surface area (Å²) in [4.78, 5) is 22.2. The summed E-state index contributed by atoms with van der Waals surface area (Å²) < 4.78 is 0. The van der Waals surface area contributed by atoms with Gasteiger partial charge in [-0.25, -0.2) is 0 Å². The van der Waals surface area contributed by atoms with Crippen molar-refractivity contribution in [2.75, 3.05) is 6.54 Å². The quantitative estimate of drug-likeness (QED) is 0.721. The second-order valence-corrected chi connectivity index (χ2v) is 4.80. The summed E-state index contributed by atoms with van der Waals surface area (Å²) in [5.74, 6) is 0.742. The van der Waals surface area contributed by atoms with Crippen LogP contribution in [-0.2, 0) is 9.59 Å². The first kappa shape index (κ1) is 12.0. The second-order valence-electron chi connectivity index (χ2n) is 4.80. The monoisotopic (exact) mass is 212 g/mol. The topological polar surface area (TPSA) is 72.2 Å². The van der Waals surface area contributed by atoms with Crippen LogP contribution in [0.15, 0.2) is 0 Å². The number of carbonyl (C=O) groups is 2. The Morgan fingerprint density at radius 2 is 1.73 bits per heavy atom. The molecule has 4 heteroatoms. The number of primary amides is 1. The molecule has 1 rings (SSSR count). The van der Waals surface area contributed by atoms with Gasteiger partial charge in [-0.2, -0.15) is 0 Å². The Balaban J connectivity index is 2.41. The molecule has 3 atom stereocenters. The van der Waals surface area contributed by atoms with E-state index in [1.807, 2.05) is 0 Å².